The van der Waals surface area contributed by atoms with E-state index >= 15 is 0 Å². The standard InChI is InChI=1S/C19H25F4N3O/c20-16-6-1-2-7-17(16)26-10-8-25(9-11-26)13-18(27)24-15-5-3-4-14(12-15)19(21,22)23/h1-2,6-7,14-15H,3-5,8-13H2,(H,24,27)/t14-,15-/m0/s1. The summed E-state index contributed by atoms with van der Waals surface area (Å²) in [7, 11) is 0. The van der Waals surface area contributed by atoms with Crippen molar-refractivity contribution in [2.45, 2.75) is 37.9 Å². The number of nitrogens with one attached hydrogen (secondary N) is 1. The van der Waals surface area contributed by atoms with Crippen LogP contribution in [0.1, 0.15) is 25.7 Å². The molecule has 27 heavy (non-hydrogen) atoms. The number of carbonyl (C=O) groups is 1. The van der Waals surface area contributed by atoms with Gasteiger partial charge in [0.15, 0.2) is 0 Å². The Labute approximate surface area is 156 Å². The molecule has 2 atom stereocenters. The van der Waals surface area contributed by atoms with Crippen molar-refractivity contribution in [1.29, 1.82) is 0 Å². The van der Waals surface area contributed by atoms with Crippen LogP contribution in [0.3, 0.4) is 0 Å². The van der Waals surface area contributed by atoms with Crippen molar-refractivity contribution in [3.8, 4) is 0 Å². The lowest BCUT2D eigenvalue weighted by Crippen LogP contribution is -2.51. The molecule has 1 aromatic carbocycles. The fourth-order valence-corrected chi connectivity index (χ4v) is 3.95. The molecule has 1 aromatic rings. The van der Waals surface area contributed by atoms with Crippen LogP contribution < -0.4 is 10.2 Å². The van der Waals surface area contributed by atoms with Crippen molar-refractivity contribution in [2.24, 2.45) is 5.92 Å². The van der Waals surface area contributed by atoms with Crippen LogP contribution in [0.4, 0.5) is 23.2 Å². The van der Waals surface area contributed by atoms with E-state index in [2.05, 4.69) is 5.32 Å². The first kappa shape index (κ1) is 19.9. The van der Waals surface area contributed by atoms with Crippen LogP contribution in [0.15, 0.2) is 24.3 Å². The van der Waals surface area contributed by atoms with Crippen molar-refractivity contribution >= 4 is 11.6 Å². The Hall–Kier alpha value is -1.83. The number of hydrogen-bond donors (Lipinski definition) is 1. The second-order valence-electron chi connectivity index (χ2n) is 7.38. The molecule has 150 valence electrons. The number of amides is 1. The molecule has 1 amide bonds. The van der Waals surface area contributed by atoms with Gasteiger partial charge in [-0.3, -0.25) is 9.69 Å². The minimum Gasteiger partial charge on any atom is -0.367 e. The average molecular weight is 387 g/mol. The molecule has 1 heterocycles. The van der Waals surface area contributed by atoms with E-state index in [1.165, 1.54) is 6.07 Å². The van der Waals surface area contributed by atoms with E-state index in [0.717, 1.165) is 0 Å². The molecule has 2 fully saturated rings. The van der Waals surface area contributed by atoms with E-state index in [9.17, 15) is 22.4 Å². The second-order valence-corrected chi connectivity index (χ2v) is 7.38. The molecule has 8 heteroatoms. The predicted molar refractivity (Wildman–Crippen MR) is 95.0 cm³/mol. The maximum absolute atomic E-state index is 13.9. The average Bonchev–Trinajstić information content (AvgIpc) is 2.62. The quantitative estimate of drug-likeness (QED) is 0.806. The van der Waals surface area contributed by atoms with Crippen LogP contribution in [0, 0.1) is 11.7 Å². The van der Waals surface area contributed by atoms with Gasteiger partial charge in [-0.05, 0) is 31.4 Å². The molecule has 1 saturated carbocycles. The van der Waals surface area contributed by atoms with Crippen molar-refractivity contribution in [3.63, 3.8) is 0 Å². The predicted octanol–water partition coefficient (Wildman–Crippen LogP) is 3.19. The number of piperazine rings is 1. The molecule has 0 radical (unpaired) electrons. The summed E-state index contributed by atoms with van der Waals surface area (Å²) in [4.78, 5) is 16.1. The summed E-state index contributed by atoms with van der Waals surface area (Å²) in [6.07, 6.45) is -2.99. The number of alkyl halides is 3. The van der Waals surface area contributed by atoms with Gasteiger partial charge in [-0.25, -0.2) is 4.39 Å². The molecule has 0 bridgehead atoms. The summed E-state index contributed by atoms with van der Waals surface area (Å²) in [6, 6.07) is 6.19. The van der Waals surface area contributed by atoms with Gasteiger partial charge in [0.05, 0.1) is 18.2 Å². The lowest BCUT2D eigenvalue weighted by atomic mass is 9.85. The number of nitrogens with zero attached hydrogens (tertiary/aromatic N) is 2. The summed E-state index contributed by atoms with van der Waals surface area (Å²) in [6.45, 7) is 2.59. The Morgan fingerprint density at radius 2 is 1.81 bits per heavy atom. The van der Waals surface area contributed by atoms with Crippen LogP contribution in [0.2, 0.25) is 0 Å². The first-order valence-electron chi connectivity index (χ1n) is 9.41. The molecular weight excluding hydrogens is 362 g/mol. The minimum atomic E-state index is -4.19. The topological polar surface area (TPSA) is 35.6 Å². The second kappa shape index (κ2) is 8.46. The van der Waals surface area contributed by atoms with Crippen molar-refractivity contribution < 1.29 is 22.4 Å². The van der Waals surface area contributed by atoms with Gasteiger partial charge in [-0.2, -0.15) is 13.2 Å². The van der Waals surface area contributed by atoms with Gasteiger partial charge < -0.3 is 10.2 Å². The number of rotatable bonds is 4. The minimum absolute atomic E-state index is 0.0314. The molecular formula is C19H25F4N3O. The normalized spacial score (nSPS) is 24.7. The molecule has 1 saturated heterocycles. The van der Waals surface area contributed by atoms with Crippen molar-refractivity contribution in [3.05, 3.63) is 30.1 Å². The third-order valence-corrected chi connectivity index (χ3v) is 5.43. The number of halogens is 4. The Balaban J connectivity index is 1.44. The number of carbonyl (C=O) groups excluding carboxylic acids is 1. The fourth-order valence-electron chi connectivity index (χ4n) is 3.95. The monoisotopic (exact) mass is 387 g/mol. The van der Waals surface area contributed by atoms with Gasteiger partial charge in [0, 0.05) is 32.2 Å². The molecule has 1 aliphatic carbocycles. The van der Waals surface area contributed by atoms with Gasteiger partial charge in [0.1, 0.15) is 5.82 Å². The van der Waals surface area contributed by atoms with E-state index in [1.807, 2.05) is 9.80 Å². The van der Waals surface area contributed by atoms with E-state index in [0.29, 0.717) is 44.7 Å². The summed E-state index contributed by atoms with van der Waals surface area (Å²) in [5.74, 6) is -1.82. The molecule has 0 unspecified atom stereocenters. The Morgan fingerprint density at radius 3 is 2.48 bits per heavy atom. The number of para-hydroxylation sites is 1. The van der Waals surface area contributed by atoms with Crippen molar-refractivity contribution in [2.75, 3.05) is 37.6 Å². The third-order valence-electron chi connectivity index (χ3n) is 5.43. The maximum Gasteiger partial charge on any atom is 0.391 e. The first-order chi connectivity index (χ1) is 12.8. The highest BCUT2D eigenvalue weighted by Crippen LogP contribution is 2.37. The largest absolute Gasteiger partial charge is 0.391 e. The summed E-state index contributed by atoms with van der Waals surface area (Å²) in [5.41, 5.74) is 0.557. The highest BCUT2D eigenvalue weighted by molar-refractivity contribution is 5.78. The maximum atomic E-state index is 13.9. The molecule has 4 nitrogen and oxygen atoms in total. The highest BCUT2D eigenvalue weighted by Gasteiger charge is 2.42. The fraction of sp³-hybridized carbons (Fsp3) is 0.632. The van der Waals surface area contributed by atoms with Crippen LogP contribution in [0.25, 0.3) is 0 Å². The SMILES string of the molecule is O=C(CN1CCN(c2ccccc2F)CC1)N[C@H]1CCC[C@H](C(F)(F)F)C1. The molecule has 0 spiro atoms. The van der Waals surface area contributed by atoms with Gasteiger partial charge in [0.2, 0.25) is 5.91 Å². The zero-order valence-corrected chi connectivity index (χ0v) is 15.1. The van der Waals surface area contributed by atoms with E-state index < -0.39 is 18.1 Å². The van der Waals surface area contributed by atoms with Gasteiger partial charge in [-0.15, -0.1) is 0 Å². The Kier molecular flexibility index (Phi) is 6.24. The molecule has 2 aliphatic rings. The van der Waals surface area contributed by atoms with Crippen LogP contribution in [-0.2, 0) is 4.79 Å². The molecule has 0 aromatic heterocycles. The van der Waals surface area contributed by atoms with Gasteiger partial charge >= 0.3 is 6.18 Å². The van der Waals surface area contributed by atoms with Crippen LogP contribution >= 0.6 is 0 Å². The summed E-state index contributed by atoms with van der Waals surface area (Å²) < 4.78 is 52.5. The van der Waals surface area contributed by atoms with Crippen molar-refractivity contribution in [1.82, 2.24) is 10.2 Å². The molecule has 1 aliphatic heterocycles. The first-order valence-corrected chi connectivity index (χ1v) is 9.41. The lowest BCUT2D eigenvalue weighted by Gasteiger charge is -2.36. The summed E-state index contributed by atoms with van der Waals surface area (Å²) in [5, 5.41) is 2.77. The Bertz CT molecular complexity index is 644. The van der Waals surface area contributed by atoms with Gasteiger partial charge in [0.25, 0.3) is 0 Å². The highest BCUT2D eigenvalue weighted by atomic mass is 19.4. The zero-order valence-electron chi connectivity index (χ0n) is 15.1. The number of anilines is 1. The molecule has 1 N–H and O–H groups in total. The zero-order chi connectivity index (χ0) is 19.4. The summed E-state index contributed by atoms with van der Waals surface area (Å²) >= 11 is 0. The third kappa shape index (κ3) is 5.34. The number of benzene rings is 1. The Morgan fingerprint density at radius 1 is 1.11 bits per heavy atom. The number of hydrogen-bond acceptors (Lipinski definition) is 3. The van der Waals surface area contributed by atoms with Gasteiger partial charge in [-0.1, -0.05) is 18.6 Å². The lowest BCUT2D eigenvalue weighted by molar-refractivity contribution is -0.184. The molecule has 3 rings (SSSR count). The van der Waals surface area contributed by atoms with E-state index in [4.69, 9.17) is 0 Å². The van der Waals surface area contributed by atoms with Crippen LogP contribution in [0.5, 0.6) is 0 Å². The van der Waals surface area contributed by atoms with Crippen LogP contribution in [-0.4, -0.2) is 55.7 Å². The smallest absolute Gasteiger partial charge is 0.367 e. The van der Waals surface area contributed by atoms with E-state index in [-0.39, 0.29) is 31.1 Å². The van der Waals surface area contributed by atoms with E-state index in [1.54, 1.807) is 18.2 Å².